The monoisotopic (exact) mass is 336 g/mol. The number of amides is 1. The van der Waals surface area contributed by atoms with E-state index in [4.69, 9.17) is 0 Å². The van der Waals surface area contributed by atoms with Gasteiger partial charge in [0.1, 0.15) is 6.04 Å². The molecule has 3 rings (SSSR count). The van der Waals surface area contributed by atoms with Crippen molar-refractivity contribution in [2.24, 2.45) is 11.8 Å². The molecule has 1 aliphatic heterocycles. The predicted molar refractivity (Wildman–Crippen MR) is 104 cm³/mol. The van der Waals surface area contributed by atoms with Crippen molar-refractivity contribution in [2.45, 2.75) is 33.2 Å². The summed E-state index contributed by atoms with van der Waals surface area (Å²) in [5, 5.41) is 3.11. The first-order valence-corrected chi connectivity index (χ1v) is 9.19. The molecule has 132 valence electrons. The third kappa shape index (κ3) is 4.49. The van der Waals surface area contributed by atoms with Gasteiger partial charge in [0.25, 0.3) is 0 Å². The Morgan fingerprint density at radius 2 is 1.60 bits per heavy atom. The van der Waals surface area contributed by atoms with Gasteiger partial charge in [-0.25, -0.2) is 0 Å². The Kier molecular flexibility index (Phi) is 5.54. The van der Waals surface area contributed by atoms with Gasteiger partial charge in [-0.2, -0.15) is 0 Å². The van der Waals surface area contributed by atoms with Gasteiger partial charge in [-0.1, -0.05) is 61.9 Å². The van der Waals surface area contributed by atoms with Crippen molar-refractivity contribution in [1.29, 1.82) is 0 Å². The molecule has 2 aromatic rings. The van der Waals surface area contributed by atoms with Gasteiger partial charge in [0.05, 0.1) is 0 Å². The Balaban J connectivity index is 1.85. The molecule has 3 heteroatoms. The summed E-state index contributed by atoms with van der Waals surface area (Å²) in [6.45, 7) is 8.54. The highest BCUT2D eigenvalue weighted by Gasteiger charge is 2.32. The average molecular weight is 336 g/mol. The lowest BCUT2D eigenvalue weighted by molar-refractivity contribution is -0.122. The molecule has 0 bridgehead atoms. The topological polar surface area (TPSA) is 32.3 Å². The van der Waals surface area contributed by atoms with Crippen LogP contribution in [0.2, 0.25) is 0 Å². The van der Waals surface area contributed by atoms with E-state index in [9.17, 15) is 4.79 Å². The number of hydrogen-bond acceptors (Lipinski definition) is 2. The number of benzene rings is 2. The summed E-state index contributed by atoms with van der Waals surface area (Å²) in [5.41, 5.74) is 3.11. The van der Waals surface area contributed by atoms with E-state index in [1.165, 1.54) is 12.0 Å². The summed E-state index contributed by atoms with van der Waals surface area (Å²) in [6.07, 6.45) is 1.23. The van der Waals surface area contributed by atoms with Crippen LogP contribution in [0.1, 0.15) is 37.4 Å². The molecule has 1 amide bonds. The largest absolute Gasteiger partial charge is 0.324 e. The van der Waals surface area contributed by atoms with Crippen molar-refractivity contribution in [1.82, 2.24) is 4.90 Å². The highest BCUT2D eigenvalue weighted by molar-refractivity contribution is 5.95. The van der Waals surface area contributed by atoms with Crippen LogP contribution in [-0.2, 0) is 4.79 Å². The minimum absolute atomic E-state index is 0.0522. The summed E-state index contributed by atoms with van der Waals surface area (Å²) in [6, 6.07) is 17.9. The van der Waals surface area contributed by atoms with Crippen molar-refractivity contribution in [3.8, 4) is 0 Å². The molecule has 0 aliphatic carbocycles. The first kappa shape index (κ1) is 17.7. The van der Waals surface area contributed by atoms with Crippen LogP contribution in [0.15, 0.2) is 54.6 Å². The molecule has 25 heavy (non-hydrogen) atoms. The lowest BCUT2D eigenvalue weighted by atomic mass is 9.89. The summed E-state index contributed by atoms with van der Waals surface area (Å²) >= 11 is 0. The Labute approximate surface area is 151 Å². The standard InChI is InChI=1S/C22H28N2O/c1-16-9-11-20(12-10-16)23-22(25)21(19-7-5-4-6-8-19)24-14-17(2)13-18(3)15-24/h4-12,17-18,21H,13-15H2,1-3H3,(H,23,25)/t17-,18+,21-/m0/s1. The fourth-order valence-corrected chi connectivity index (χ4v) is 3.93. The normalized spacial score (nSPS) is 22.4. The summed E-state index contributed by atoms with van der Waals surface area (Å²) in [7, 11) is 0. The number of piperidine rings is 1. The third-order valence-electron chi connectivity index (χ3n) is 4.95. The number of carbonyl (C=O) groups is 1. The van der Waals surface area contributed by atoms with Crippen molar-refractivity contribution in [2.75, 3.05) is 18.4 Å². The van der Waals surface area contributed by atoms with Crippen LogP contribution in [-0.4, -0.2) is 23.9 Å². The van der Waals surface area contributed by atoms with E-state index in [-0.39, 0.29) is 11.9 Å². The Bertz CT molecular complexity index is 686. The molecule has 0 radical (unpaired) electrons. The van der Waals surface area contributed by atoms with Gasteiger partial charge < -0.3 is 5.32 Å². The van der Waals surface area contributed by atoms with Gasteiger partial charge in [-0.15, -0.1) is 0 Å². The Morgan fingerprint density at radius 1 is 1.00 bits per heavy atom. The van der Waals surface area contributed by atoms with E-state index in [1.54, 1.807) is 0 Å². The average Bonchev–Trinajstić information content (AvgIpc) is 2.57. The van der Waals surface area contributed by atoms with Crippen molar-refractivity contribution >= 4 is 11.6 Å². The molecule has 0 spiro atoms. The number of nitrogens with one attached hydrogen (secondary N) is 1. The highest BCUT2D eigenvalue weighted by Crippen LogP contribution is 2.30. The van der Waals surface area contributed by atoms with Gasteiger partial charge in [0.15, 0.2) is 0 Å². The van der Waals surface area contributed by atoms with Crippen LogP contribution in [0.4, 0.5) is 5.69 Å². The van der Waals surface area contributed by atoms with Gasteiger partial charge in [0.2, 0.25) is 5.91 Å². The second-order valence-corrected chi connectivity index (χ2v) is 7.57. The Morgan fingerprint density at radius 3 is 2.20 bits per heavy atom. The maximum absolute atomic E-state index is 13.2. The van der Waals surface area contributed by atoms with E-state index in [0.717, 1.165) is 24.3 Å². The molecular formula is C22H28N2O. The zero-order valence-corrected chi connectivity index (χ0v) is 15.4. The first-order chi connectivity index (χ1) is 12.0. The zero-order valence-electron chi connectivity index (χ0n) is 15.4. The Hall–Kier alpha value is -2.13. The SMILES string of the molecule is Cc1ccc(NC(=O)[C@H](c2ccccc2)N2C[C@H](C)C[C@H](C)C2)cc1. The molecule has 1 N–H and O–H groups in total. The van der Waals surface area contributed by atoms with Gasteiger partial charge in [0, 0.05) is 18.8 Å². The number of carbonyl (C=O) groups excluding carboxylic acids is 1. The number of hydrogen-bond donors (Lipinski definition) is 1. The van der Waals surface area contributed by atoms with Crippen LogP contribution in [0.25, 0.3) is 0 Å². The molecular weight excluding hydrogens is 308 g/mol. The van der Waals surface area contributed by atoms with Crippen molar-refractivity contribution in [3.05, 3.63) is 65.7 Å². The van der Waals surface area contributed by atoms with Crippen LogP contribution in [0.5, 0.6) is 0 Å². The minimum Gasteiger partial charge on any atom is -0.324 e. The number of likely N-dealkylation sites (tertiary alicyclic amines) is 1. The predicted octanol–water partition coefficient (Wildman–Crippen LogP) is 4.65. The molecule has 1 fully saturated rings. The van der Waals surface area contributed by atoms with Crippen molar-refractivity contribution < 1.29 is 4.79 Å². The molecule has 1 heterocycles. The quantitative estimate of drug-likeness (QED) is 0.881. The molecule has 1 saturated heterocycles. The molecule has 1 aliphatic rings. The highest BCUT2D eigenvalue weighted by atomic mass is 16.2. The van der Waals surface area contributed by atoms with E-state index < -0.39 is 0 Å². The van der Waals surface area contributed by atoms with Crippen molar-refractivity contribution in [3.63, 3.8) is 0 Å². The third-order valence-corrected chi connectivity index (χ3v) is 4.95. The maximum atomic E-state index is 13.2. The number of rotatable bonds is 4. The number of aryl methyl sites for hydroxylation is 1. The van der Waals surface area contributed by atoms with E-state index in [2.05, 4.69) is 43.1 Å². The fraction of sp³-hybridized carbons (Fsp3) is 0.409. The number of anilines is 1. The molecule has 2 aromatic carbocycles. The fourth-order valence-electron chi connectivity index (χ4n) is 3.93. The van der Waals surface area contributed by atoms with Gasteiger partial charge in [-0.05, 0) is 42.9 Å². The molecule has 3 nitrogen and oxygen atoms in total. The van der Waals surface area contributed by atoms with Gasteiger partial charge >= 0.3 is 0 Å². The minimum atomic E-state index is -0.243. The lowest BCUT2D eigenvalue weighted by Crippen LogP contribution is -2.45. The first-order valence-electron chi connectivity index (χ1n) is 9.19. The molecule has 0 unspecified atom stereocenters. The van der Waals surface area contributed by atoms with E-state index in [1.807, 2.05) is 42.5 Å². The number of nitrogens with zero attached hydrogens (tertiary/aromatic N) is 1. The van der Waals surface area contributed by atoms with Gasteiger partial charge in [-0.3, -0.25) is 9.69 Å². The lowest BCUT2D eigenvalue weighted by Gasteiger charge is -2.39. The smallest absolute Gasteiger partial charge is 0.246 e. The molecule has 0 saturated carbocycles. The van der Waals surface area contributed by atoms with Crippen LogP contribution >= 0.6 is 0 Å². The summed E-state index contributed by atoms with van der Waals surface area (Å²) in [4.78, 5) is 15.5. The van der Waals surface area contributed by atoms with Crippen LogP contribution in [0.3, 0.4) is 0 Å². The molecule has 3 atom stereocenters. The van der Waals surface area contributed by atoms with E-state index >= 15 is 0 Å². The second kappa shape index (κ2) is 7.83. The zero-order chi connectivity index (χ0) is 17.8. The summed E-state index contributed by atoms with van der Waals surface area (Å²) in [5.74, 6) is 1.28. The van der Waals surface area contributed by atoms with Crippen LogP contribution in [0, 0.1) is 18.8 Å². The van der Waals surface area contributed by atoms with E-state index in [0.29, 0.717) is 11.8 Å². The van der Waals surface area contributed by atoms with Crippen LogP contribution < -0.4 is 5.32 Å². The second-order valence-electron chi connectivity index (χ2n) is 7.57. The maximum Gasteiger partial charge on any atom is 0.246 e. The summed E-state index contributed by atoms with van der Waals surface area (Å²) < 4.78 is 0. The molecule has 0 aromatic heterocycles.